The molecule has 3 heteroatoms. The van der Waals surface area contributed by atoms with Gasteiger partial charge in [0, 0.05) is 6.07 Å². The van der Waals surface area contributed by atoms with Crippen LogP contribution in [0.2, 0.25) is 0 Å². The first-order chi connectivity index (χ1) is 9.67. The maximum Gasteiger partial charge on any atom is 0.122 e. The van der Waals surface area contributed by atoms with Gasteiger partial charge in [0.1, 0.15) is 17.6 Å². The van der Waals surface area contributed by atoms with Crippen LogP contribution in [0.1, 0.15) is 29.7 Å². The molecule has 0 heterocycles. The first-order valence-electron chi connectivity index (χ1n) is 6.67. The zero-order chi connectivity index (χ0) is 14.5. The summed E-state index contributed by atoms with van der Waals surface area (Å²) in [6.07, 6.45) is 0.257. The molecule has 2 rings (SSSR count). The molecule has 0 bridgehead atoms. The lowest BCUT2D eigenvalue weighted by Gasteiger charge is -2.15. The average Bonchev–Trinajstić information content (AvgIpc) is 2.53. The molecular weight excluding hydrogens is 252 g/mol. The second-order valence-corrected chi connectivity index (χ2v) is 4.65. The van der Waals surface area contributed by atoms with Crippen molar-refractivity contribution in [3.63, 3.8) is 0 Å². The molecule has 0 amide bonds. The molecule has 20 heavy (non-hydrogen) atoms. The number of aliphatic hydroxyl groups excluding tert-OH is 1. The Bertz CT molecular complexity index is 556. The van der Waals surface area contributed by atoms with Crippen molar-refractivity contribution in [2.75, 3.05) is 14.2 Å². The molecule has 0 saturated heterocycles. The van der Waals surface area contributed by atoms with E-state index in [1.807, 2.05) is 30.3 Å². The van der Waals surface area contributed by atoms with E-state index in [1.54, 1.807) is 20.3 Å². The number of hydrogen-bond donors (Lipinski definition) is 1. The van der Waals surface area contributed by atoms with Crippen LogP contribution in [0, 0.1) is 0 Å². The van der Waals surface area contributed by atoms with Gasteiger partial charge in [-0.25, -0.2) is 0 Å². The van der Waals surface area contributed by atoms with E-state index in [4.69, 9.17) is 9.47 Å². The second kappa shape index (κ2) is 6.44. The average molecular weight is 272 g/mol. The summed E-state index contributed by atoms with van der Waals surface area (Å²) in [6.45, 7) is 2.10. The molecule has 0 spiro atoms. The van der Waals surface area contributed by atoms with Gasteiger partial charge in [0.25, 0.3) is 0 Å². The smallest absolute Gasteiger partial charge is 0.122 e. The third-order valence-corrected chi connectivity index (χ3v) is 3.36. The minimum Gasteiger partial charge on any atom is -0.497 e. The predicted molar refractivity (Wildman–Crippen MR) is 79.4 cm³/mol. The predicted octanol–water partition coefficient (Wildman–Crippen LogP) is 3.35. The minimum atomic E-state index is -0.689. The molecule has 0 aromatic heterocycles. The molecule has 1 atom stereocenters. The lowest BCUT2D eigenvalue weighted by Crippen LogP contribution is -2.01. The summed E-state index contributed by atoms with van der Waals surface area (Å²) >= 11 is 0. The summed E-state index contributed by atoms with van der Waals surface area (Å²) in [4.78, 5) is 0. The number of hydrogen-bond acceptors (Lipinski definition) is 3. The lowest BCUT2D eigenvalue weighted by molar-refractivity contribution is 0.219. The molecule has 0 radical (unpaired) electrons. The Kier molecular flexibility index (Phi) is 4.64. The molecule has 0 aliphatic rings. The molecule has 0 aliphatic carbocycles. The molecule has 1 N–H and O–H groups in total. The highest BCUT2D eigenvalue weighted by molar-refractivity contribution is 5.42. The number of methoxy groups -OCH3 is 2. The van der Waals surface area contributed by atoms with Crippen LogP contribution < -0.4 is 9.47 Å². The summed E-state index contributed by atoms with van der Waals surface area (Å²) in [5, 5.41) is 10.5. The van der Waals surface area contributed by atoms with Gasteiger partial charge in [-0.15, -0.1) is 0 Å². The quantitative estimate of drug-likeness (QED) is 0.907. The molecule has 2 aromatic carbocycles. The fourth-order valence-electron chi connectivity index (χ4n) is 2.16. The highest BCUT2D eigenvalue weighted by Gasteiger charge is 2.13. The van der Waals surface area contributed by atoms with Gasteiger partial charge in [-0.2, -0.15) is 0 Å². The summed E-state index contributed by atoms with van der Waals surface area (Å²) in [6, 6.07) is 13.4. The van der Waals surface area contributed by atoms with Crippen LogP contribution in [0.15, 0.2) is 42.5 Å². The van der Waals surface area contributed by atoms with Crippen molar-refractivity contribution in [3.8, 4) is 11.5 Å². The summed E-state index contributed by atoms with van der Waals surface area (Å²) in [7, 11) is 3.20. The van der Waals surface area contributed by atoms with Crippen LogP contribution >= 0.6 is 0 Å². The van der Waals surface area contributed by atoms with Gasteiger partial charge in [0.2, 0.25) is 0 Å². The van der Waals surface area contributed by atoms with Crippen molar-refractivity contribution >= 4 is 0 Å². The van der Waals surface area contributed by atoms with Gasteiger partial charge >= 0.3 is 0 Å². The van der Waals surface area contributed by atoms with E-state index in [1.165, 1.54) is 5.56 Å². The normalized spacial score (nSPS) is 12.0. The molecule has 0 aliphatic heterocycles. The lowest BCUT2D eigenvalue weighted by atomic mass is 9.98. The van der Waals surface area contributed by atoms with Crippen molar-refractivity contribution in [2.24, 2.45) is 0 Å². The number of aryl methyl sites for hydroxylation is 1. The van der Waals surface area contributed by atoms with Crippen molar-refractivity contribution in [1.29, 1.82) is 0 Å². The van der Waals surface area contributed by atoms with E-state index >= 15 is 0 Å². The van der Waals surface area contributed by atoms with Gasteiger partial charge in [-0.05, 0) is 35.2 Å². The van der Waals surface area contributed by atoms with Crippen LogP contribution in [-0.2, 0) is 6.42 Å². The molecule has 2 aromatic rings. The highest BCUT2D eigenvalue weighted by Crippen LogP contribution is 2.30. The summed E-state index contributed by atoms with van der Waals surface area (Å²) in [5.74, 6) is 1.34. The Morgan fingerprint density at radius 1 is 0.950 bits per heavy atom. The van der Waals surface area contributed by atoms with Crippen molar-refractivity contribution in [1.82, 2.24) is 0 Å². The molecule has 0 fully saturated rings. The van der Waals surface area contributed by atoms with Crippen LogP contribution in [0.3, 0.4) is 0 Å². The van der Waals surface area contributed by atoms with Crippen LogP contribution in [0.5, 0.6) is 11.5 Å². The van der Waals surface area contributed by atoms with E-state index in [9.17, 15) is 5.11 Å². The maximum absolute atomic E-state index is 10.5. The fraction of sp³-hybridized carbons (Fsp3) is 0.294. The van der Waals surface area contributed by atoms with Crippen molar-refractivity contribution in [2.45, 2.75) is 19.4 Å². The summed E-state index contributed by atoms with van der Waals surface area (Å²) in [5.41, 5.74) is 2.84. The van der Waals surface area contributed by atoms with Gasteiger partial charge < -0.3 is 14.6 Å². The van der Waals surface area contributed by atoms with Gasteiger partial charge in [0.15, 0.2) is 0 Å². The molecule has 0 saturated carbocycles. The van der Waals surface area contributed by atoms with Crippen LogP contribution in [0.4, 0.5) is 0 Å². The van der Waals surface area contributed by atoms with Gasteiger partial charge in [0.05, 0.1) is 14.2 Å². The second-order valence-electron chi connectivity index (χ2n) is 4.65. The van der Waals surface area contributed by atoms with Crippen molar-refractivity contribution in [3.05, 3.63) is 59.2 Å². The number of ether oxygens (including phenoxy) is 2. The fourth-order valence-corrected chi connectivity index (χ4v) is 2.16. The monoisotopic (exact) mass is 272 g/mol. The molecule has 3 nitrogen and oxygen atoms in total. The summed E-state index contributed by atoms with van der Waals surface area (Å²) < 4.78 is 10.5. The first kappa shape index (κ1) is 14.4. The zero-order valence-electron chi connectivity index (χ0n) is 12.1. The minimum absolute atomic E-state index is 0.671. The maximum atomic E-state index is 10.5. The van der Waals surface area contributed by atoms with E-state index in [0.717, 1.165) is 17.5 Å². The van der Waals surface area contributed by atoms with E-state index < -0.39 is 6.10 Å². The Labute approximate surface area is 119 Å². The third kappa shape index (κ3) is 3.11. The number of benzene rings is 2. The van der Waals surface area contributed by atoms with E-state index in [0.29, 0.717) is 11.5 Å². The Morgan fingerprint density at radius 3 is 2.15 bits per heavy atom. The molecular formula is C17H20O3. The number of rotatable bonds is 5. The Hall–Kier alpha value is -2.00. The van der Waals surface area contributed by atoms with Crippen molar-refractivity contribution < 1.29 is 14.6 Å². The molecule has 1 unspecified atom stereocenters. The largest absolute Gasteiger partial charge is 0.497 e. The number of aliphatic hydroxyl groups is 1. The standard InChI is InChI=1S/C17H20O3/c1-4-12-6-5-7-13(8-12)17(18)14-9-15(19-2)11-16(10-14)20-3/h5-11,17-18H,4H2,1-3H3. The zero-order valence-corrected chi connectivity index (χ0v) is 12.1. The SMILES string of the molecule is CCc1cccc(C(O)c2cc(OC)cc(OC)c2)c1. The van der Waals surface area contributed by atoms with E-state index in [-0.39, 0.29) is 0 Å². The van der Waals surface area contributed by atoms with Crippen LogP contribution in [0.25, 0.3) is 0 Å². The molecule has 106 valence electrons. The van der Waals surface area contributed by atoms with Gasteiger partial charge in [-0.3, -0.25) is 0 Å². The van der Waals surface area contributed by atoms with E-state index in [2.05, 4.69) is 13.0 Å². The van der Waals surface area contributed by atoms with Gasteiger partial charge in [-0.1, -0.05) is 31.2 Å². The third-order valence-electron chi connectivity index (χ3n) is 3.36. The Balaban J connectivity index is 2.38. The topological polar surface area (TPSA) is 38.7 Å². The Morgan fingerprint density at radius 2 is 1.60 bits per heavy atom. The van der Waals surface area contributed by atoms with Crippen LogP contribution in [-0.4, -0.2) is 19.3 Å². The first-order valence-corrected chi connectivity index (χ1v) is 6.67. The highest BCUT2D eigenvalue weighted by atomic mass is 16.5.